The lowest BCUT2D eigenvalue weighted by atomic mass is 9.66. The van der Waals surface area contributed by atoms with Crippen LogP contribution in [-0.4, -0.2) is 23.2 Å². The number of para-hydroxylation sites is 1. The summed E-state index contributed by atoms with van der Waals surface area (Å²) < 4.78 is 5.61. The van der Waals surface area contributed by atoms with Gasteiger partial charge in [0.15, 0.2) is 5.41 Å². The highest BCUT2D eigenvalue weighted by molar-refractivity contribution is 5.89. The summed E-state index contributed by atoms with van der Waals surface area (Å²) in [5, 5.41) is 22.8. The third-order valence-corrected chi connectivity index (χ3v) is 5.84. The number of rotatable bonds is 7. The van der Waals surface area contributed by atoms with E-state index in [1.807, 2.05) is 60.7 Å². The first-order chi connectivity index (χ1) is 15.6. The van der Waals surface area contributed by atoms with Gasteiger partial charge in [-0.05, 0) is 34.5 Å². The Balaban J connectivity index is 2.06. The number of nitriles is 1. The molecule has 0 radical (unpaired) electrons. The van der Waals surface area contributed by atoms with Gasteiger partial charge in [-0.1, -0.05) is 66.7 Å². The fraction of sp³-hybridized carbons (Fsp3) is 0.148. The van der Waals surface area contributed by atoms with Crippen molar-refractivity contribution in [2.45, 2.75) is 12.3 Å². The number of carboxylic acid groups (broad SMARTS) is 1. The van der Waals surface area contributed by atoms with Crippen LogP contribution in [0.1, 0.15) is 22.7 Å². The Kier molecular flexibility index (Phi) is 5.87. The summed E-state index contributed by atoms with van der Waals surface area (Å²) in [6, 6.07) is 28.3. The highest BCUT2D eigenvalue weighted by Gasteiger charge is 2.50. The first-order valence-electron chi connectivity index (χ1n) is 10.3. The maximum atomic E-state index is 12.9. The molecule has 0 aliphatic rings. The van der Waals surface area contributed by atoms with E-state index in [0.717, 1.165) is 16.3 Å². The van der Waals surface area contributed by atoms with Gasteiger partial charge in [0, 0.05) is 29.8 Å². The second-order valence-electron chi connectivity index (χ2n) is 7.63. The van der Waals surface area contributed by atoms with Crippen LogP contribution in [0, 0.1) is 16.7 Å². The van der Waals surface area contributed by atoms with E-state index >= 15 is 0 Å². The van der Waals surface area contributed by atoms with E-state index in [-0.39, 0.29) is 6.42 Å². The van der Waals surface area contributed by atoms with Gasteiger partial charge >= 0.3 is 5.97 Å². The van der Waals surface area contributed by atoms with E-state index in [1.54, 1.807) is 37.6 Å². The van der Waals surface area contributed by atoms with E-state index in [2.05, 4.69) is 11.1 Å². The summed E-state index contributed by atoms with van der Waals surface area (Å²) in [4.78, 5) is 17.2. The summed E-state index contributed by atoms with van der Waals surface area (Å²) in [6.45, 7) is 0. The molecule has 1 N–H and O–H groups in total. The van der Waals surface area contributed by atoms with Gasteiger partial charge in [-0.2, -0.15) is 5.26 Å². The molecule has 0 amide bonds. The van der Waals surface area contributed by atoms with Crippen molar-refractivity contribution in [2.75, 3.05) is 7.11 Å². The first kappa shape index (κ1) is 21.1. The van der Waals surface area contributed by atoms with Crippen molar-refractivity contribution in [3.8, 4) is 11.8 Å². The topological polar surface area (TPSA) is 83.2 Å². The molecule has 2 unspecified atom stereocenters. The molecule has 1 aromatic heterocycles. The summed E-state index contributed by atoms with van der Waals surface area (Å²) in [7, 11) is 1.55. The molecule has 0 aliphatic carbocycles. The zero-order chi connectivity index (χ0) is 22.6. The van der Waals surface area contributed by atoms with Gasteiger partial charge in [-0.15, -0.1) is 0 Å². The van der Waals surface area contributed by atoms with E-state index < -0.39 is 17.3 Å². The highest BCUT2D eigenvalue weighted by atomic mass is 16.5. The van der Waals surface area contributed by atoms with E-state index in [9.17, 15) is 15.2 Å². The standard InChI is InChI=1S/C27H22N2O3/c1-32-24-15-5-4-13-23(24)25(22-14-8-10-19-9-2-3-12-21(19)22)27(18-28,26(30)31)17-20-11-6-7-16-29-20/h2-16,25H,17H2,1H3,(H,30,31). The van der Waals surface area contributed by atoms with Gasteiger partial charge < -0.3 is 9.84 Å². The van der Waals surface area contributed by atoms with Gasteiger partial charge in [-0.25, -0.2) is 0 Å². The van der Waals surface area contributed by atoms with Crippen molar-refractivity contribution in [2.24, 2.45) is 5.41 Å². The molecule has 0 saturated carbocycles. The smallest absolute Gasteiger partial charge is 0.325 e. The SMILES string of the molecule is COc1ccccc1C(c1cccc2ccccc12)C(C#N)(Cc1ccccn1)C(=O)O. The predicted molar refractivity (Wildman–Crippen MR) is 122 cm³/mol. The highest BCUT2D eigenvalue weighted by Crippen LogP contribution is 2.48. The second kappa shape index (κ2) is 8.91. The number of ether oxygens (including phenoxy) is 1. The Bertz CT molecular complexity index is 1290. The normalized spacial score (nSPS) is 13.6. The molecule has 32 heavy (non-hydrogen) atoms. The molecular formula is C27H22N2O3. The Hall–Kier alpha value is -4.17. The lowest BCUT2D eigenvalue weighted by molar-refractivity contribution is -0.146. The zero-order valence-corrected chi connectivity index (χ0v) is 17.6. The van der Waals surface area contributed by atoms with Crippen LogP contribution in [-0.2, 0) is 11.2 Å². The largest absolute Gasteiger partial charge is 0.496 e. The molecule has 0 spiro atoms. The number of pyridine rings is 1. The summed E-state index contributed by atoms with van der Waals surface area (Å²) in [5.41, 5.74) is 0.128. The maximum Gasteiger partial charge on any atom is 0.325 e. The van der Waals surface area contributed by atoms with E-state index in [4.69, 9.17) is 4.74 Å². The van der Waals surface area contributed by atoms with Crippen LogP contribution < -0.4 is 4.74 Å². The third kappa shape index (κ3) is 3.67. The number of carbonyl (C=O) groups is 1. The first-order valence-corrected chi connectivity index (χ1v) is 10.3. The quantitative estimate of drug-likeness (QED) is 0.442. The van der Waals surface area contributed by atoms with E-state index in [0.29, 0.717) is 17.0 Å². The summed E-state index contributed by atoms with van der Waals surface area (Å²) in [6.07, 6.45) is 1.56. The molecule has 1 heterocycles. The Labute approximate surface area is 186 Å². The lowest BCUT2D eigenvalue weighted by Crippen LogP contribution is -2.39. The number of hydrogen-bond acceptors (Lipinski definition) is 4. The van der Waals surface area contributed by atoms with Crippen molar-refractivity contribution in [1.82, 2.24) is 4.98 Å². The van der Waals surface area contributed by atoms with Crippen molar-refractivity contribution in [3.05, 3.63) is 108 Å². The van der Waals surface area contributed by atoms with Crippen LogP contribution in [0.4, 0.5) is 0 Å². The molecule has 3 aromatic carbocycles. The van der Waals surface area contributed by atoms with Crippen molar-refractivity contribution < 1.29 is 14.6 Å². The molecule has 0 fully saturated rings. The van der Waals surface area contributed by atoms with Crippen LogP contribution in [0.5, 0.6) is 5.75 Å². The van der Waals surface area contributed by atoms with E-state index in [1.165, 1.54) is 0 Å². The number of nitrogens with zero attached hydrogens (tertiary/aromatic N) is 2. The number of aromatic nitrogens is 1. The third-order valence-electron chi connectivity index (χ3n) is 5.84. The predicted octanol–water partition coefficient (Wildman–Crippen LogP) is 5.21. The molecule has 5 heteroatoms. The van der Waals surface area contributed by atoms with Crippen LogP contribution in [0.3, 0.4) is 0 Å². The van der Waals surface area contributed by atoms with Crippen LogP contribution in [0.2, 0.25) is 0 Å². The van der Waals surface area contributed by atoms with Gasteiger partial charge in [0.2, 0.25) is 0 Å². The molecule has 0 saturated heterocycles. The fourth-order valence-corrected chi connectivity index (χ4v) is 4.35. The number of methoxy groups -OCH3 is 1. The van der Waals surface area contributed by atoms with Gasteiger partial charge in [-0.3, -0.25) is 9.78 Å². The summed E-state index contributed by atoms with van der Waals surface area (Å²) >= 11 is 0. The van der Waals surface area contributed by atoms with Crippen molar-refractivity contribution in [3.63, 3.8) is 0 Å². The molecule has 4 rings (SSSR count). The van der Waals surface area contributed by atoms with Gasteiger partial charge in [0.1, 0.15) is 5.75 Å². The van der Waals surface area contributed by atoms with Crippen LogP contribution >= 0.6 is 0 Å². The molecule has 2 atom stereocenters. The lowest BCUT2D eigenvalue weighted by Gasteiger charge is -2.33. The average molecular weight is 422 g/mol. The summed E-state index contributed by atoms with van der Waals surface area (Å²) in [5.74, 6) is -1.46. The van der Waals surface area contributed by atoms with Gasteiger partial charge in [0.05, 0.1) is 13.2 Å². The zero-order valence-electron chi connectivity index (χ0n) is 17.6. The Morgan fingerprint density at radius 1 is 1.00 bits per heavy atom. The fourth-order valence-electron chi connectivity index (χ4n) is 4.35. The van der Waals surface area contributed by atoms with Crippen LogP contribution in [0.25, 0.3) is 10.8 Å². The van der Waals surface area contributed by atoms with Crippen molar-refractivity contribution >= 4 is 16.7 Å². The van der Waals surface area contributed by atoms with Crippen molar-refractivity contribution in [1.29, 1.82) is 5.26 Å². The second-order valence-corrected chi connectivity index (χ2v) is 7.63. The maximum absolute atomic E-state index is 12.9. The molecule has 5 nitrogen and oxygen atoms in total. The Morgan fingerprint density at radius 2 is 1.69 bits per heavy atom. The number of benzene rings is 3. The van der Waals surface area contributed by atoms with Crippen LogP contribution in [0.15, 0.2) is 91.1 Å². The molecule has 0 aliphatic heterocycles. The average Bonchev–Trinajstić information content (AvgIpc) is 2.84. The molecule has 0 bridgehead atoms. The van der Waals surface area contributed by atoms with Gasteiger partial charge in [0.25, 0.3) is 0 Å². The minimum absolute atomic E-state index is 0.0500. The minimum atomic E-state index is -1.81. The number of fused-ring (bicyclic) bond motifs is 1. The molecule has 4 aromatic rings. The number of aliphatic carboxylic acids is 1. The minimum Gasteiger partial charge on any atom is -0.496 e. The Morgan fingerprint density at radius 3 is 2.41 bits per heavy atom. The number of hydrogen-bond donors (Lipinski definition) is 1. The molecule has 158 valence electrons. The molecular weight excluding hydrogens is 400 g/mol. The monoisotopic (exact) mass is 422 g/mol. The number of carboxylic acids is 1.